The van der Waals surface area contributed by atoms with Gasteiger partial charge in [-0.3, -0.25) is 4.79 Å². The highest BCUT2D eigenvalue weighted by Gasteiger charge is 2.28. The highest BCUT2D eigenvalue weighted by atomic mass is 19.4. The van der Waals surface area contributed by atoms with Gasteiger partial charge in [-0.25, -0.2) is 4.99 Å². The Bertz CT molecular complexity index is 893. The standard InChI is InChI=1S/C21H26F3N3O2/c1-14-18(28)8-11-27(19(14)17-7-10-26-20(17)25-2)16-5-3-15(4-6-16)13-29-12-9-21(22,23)24/h7-8,10-11,15-16,26H,2-6,9,12-13H2,1H3. The van der Waals surface area contributed by atoms with Crippen molar-refractivity contribution < 1.29 is 17.9 Å². The predicted molar refractivity (Wildman–Crippen MR) is 107 cm³/mol. The summed E-state index contributed by atoms with van der Waals surface area (Å²) in [7, 11) is 0. The molecule has 1 fully saturated rings. The number of aromatic amines is 1. The van der Waals surface area contributed by atoms with Crippen LogP contribution in [0.4, 0.5) is 19.0 Å². The van der Waals surface area contributed by atoms with Crippen LogP contribution in [0, 0.1) is 12.8 Å². The number of nitrogens with one attached hydrogen (secondary N) is 1. The minimum Gasteiger partial charge on any atom is -0.381 e. The van der Waals surface area contributed by atoms with Crippen LogP contribution in [0.2, 0.25) is 0 Å². The molecule has 1 N–H and O–H groups in total. The van der Waals surface area contributed by atoms with Crippen molar-refractivity contribution in [1.29, 1.82) is 0 Å². The molecular weight excluding hydrogens is 383 g/mol. The van der Waals surface area contributed by atoms with E-state index in [-0.39, 0.29) is 24.0 Å². The van der Waals surface area contributed by atoms with Crippen molar-refractivity contribution in [2.24, 2.45) is 10.9 Å². The average Bonchev–Trinajstić information content (AvgIpc) is 3.15. The second kappa shape index (κ2) is 8.98. The molecule has 0 radical (unpaired) electrons. The minimum absolute atomic E-state index is 0.0285. The molecule has 3 rings (SSSR count). The van der Waals surface area contributed by atoms with Crippen LogP contribution in [0.3, 0.4) is 0 Å². The number of hydrogen-bond donors (Lipinski definition) is 1. The lowest BCUT2D eigenvalue weighted by atomic mass is 9.86. The van der Waals surface area contributed by atoms with Crippen LogP contribution >= 0.6 is 0 Å². The van der Waals surface area contributed by atoms with E-state index < -0.39 is 12.6 Å². The number of H-pyrrole nitrogens is 1. The molecule has 1 saturated carbocycles. The third-order valence-corrected chi connectivity index (χ3v) is 5.60. The predicted octanol–water partition coefficient (Wildman–Crippen LogP) is 5.18. The monoisotopic (exact) mass is 409 g/mol. The molecule has 2 aromatic heterocycles. The van der Waals surface area contributed by atoms with Crippen LogP contribution in [-0.4, -0.2) is 35.7 Å². The van der Waals surface area contributed by atoms with Gasteiger partial charge in [0.1, 0.15) is 5.82 Å². The van der Waals surface area contributed by atoms with Gasteiger partial charge in [0.2, 0.25) is 0 Å². The Balaban J connectivity index is 1.69. The summed E-state index contributed by atoms with van der Waals surface area (Å²) in [6, 6.07) is 3.68. The smallest absolute Gasteiger partial charge is 0.381 e. The van der Waals surface area contributed by atoms with Crippen LogP contribution in [0.5, 0.6) is 0 Å². The number of ether oxygens (including phenoxy) is 1. The van der Waals surface area contributed by atoms with Crippen molar-refractivity contribution in [1.82, 2.24) is 9.55 Å². The van der Waals surface area contributed by atoms with E-state index in [0.717, 1.165) is 36.9 Å². The molecule has 0 amide bonds. The zero-order valence-corrected chi connectivity index (χ0v) is 16.5. The van der Waals surface area contributed by atoms with Crippen molar-refractivity contribution in [3.05, 3.63) is 40.3 Å². The van der Waals surface area contributed by atoms with Crippen LogP contribution in [0.1, 0.15) is 43.7 Å². The number of pyridine rings is 1. The molecule has 0 unspecified atom stereocenters. The third kappa shape index (κ3) is 5.18. The molecule has 5 nitrogen and oxygen atoms in total. The van der Waals surface area contributed by atoms with Crippen LogP contribution < -0.4 is 5.43 Å². The second-order valence-electron chi connectivity index (χ2n) is 7.57. The minimum atomic E-state index is -4.17. The maximum atomic E-state index is 12.3. The number of aromatic nitrogens is 2. The Hall–Kier alpha value is -2.35. The largest absolute Gasteiger partial charge is 0.391 e. The molecule has 29 heavy (non-hydrogen) atoms. The van der Waals surface area contributed by atoms with E-state index in [0.29, 0.717) is 18.0 Å². The molecule has 158 valence electrons. The summed E-state index contributed by atoms with van der Waals surface area (Å²) in [5, 5.41) is 0. The van der Waals surface area contributed by atoms with Gasteiger partial charge in [-0.15, -0.1) is 0 Å². The molecule has 0 bridgehead atoms. The Kier molecular flexibility index (Phi) is 6.62. The fourth-order valence-corrected chi connectivity index (χ4v) is 4.01. The molecule has 0 aliphatic heterocycles. The van der Waals surface area contributed by atoms with E-state index in [1.54, 1.807) is 12.3 Å². The van der Waals surface area contributed by atoms with E-state index in [2.05, 4.69) is 21.3 Å². The number of aliphatic imine (C=N–C) groups is 1. The summed E-state index contributed by atoms with van der Waals surface area (Å²) in [5.74, 6) is 0.889. The Morgan fingerprint density at radius 1 is 1.28 bits per heavy atom. The van der Waals surface area contributed by atoms with E-state index in [1.807, 2.05) is 19.2 Å². The normalized spacial score (nSPS) is 20.0. The summed E-state index contributed by atoms with van der Waals surface area (Å²) in [6.45, 7) is 5.49. The molecule has 2 aromatic rings. The van der Waals surface area contributed by atoms with Crippen molar-refractivity contribution in [3.63, 3.8) is 0 Å². The lowest BCUT2D eigenvalue weighted by Gasteiger charge is -2.32. The number of rotatable bonds is 7. The van der Waals surface area contributed by atoms with Crippen molar-refractivity contribution >= 4 is 12.5 Å². The highest BCUT2D eigenvalue weighted by Crippen LogP contribution is 2.38. The summed E-state index contributed by atoms with van der Waals surface area (Å²) in [4.78, 5) is 19.3. The zero-order chi connectivity index (χ0) is 21.0. The lowest BCUT2D eigenvalue weighted by molar-refractivity contribution is -0.146. The maximum absolute atomic E-state index is 12.3. The highest BCUT2D eigenvalue weighted by molar-refractivity contribution is 5.74. The van der Waals surface area contributed by atoms with Gasteiger partial charge < -0.3 is 14.3 Å². The molecule has 0 spiro atoms. The van der Waals surface area contributed by atoms with Gasteiger partial charge in [0.05, 0.1) is 18.7 Å². The van der Waals surface area contributed by atoms with Gasteiger partial charge in [0.15, 0.2) is 5.43 Å². The Morgan fingerprint density at radius 3 is 2.66 bits per heavy atom. The van der Waals surface area contributed by atoms with Crippen LogP contribution in [0.15, 0.2) is 34.3 Å². The summed E-state index contributed by atoms with van der Waals surface area (Å²) in [5.41, 5.74) is 2.31. The fourth-order valence-electron chi connectivity index (χ4n) is 4.01. The van der Waals surface area contributed by atoms with E-state index in [1.165, 1.54) is 0 Å². The van der Waals surface area contributed by atoms with E-state index in [9.17, 15) is 18.0 Å². The number of alkyl halides is 3. The van der Waals surface area contributed by atoms with Gasteiger partial charge in [0, 0.05) is 42.2 Å². The quantitative estimate of drug-likeness (QED) is 0.506. The first-order valence-electron chi connectivity index (χ1n) is 9.81. The molecule has 0 saturated heterocycles. The maximum Gasteiger partial charge on any atom is 0.391 e. The lowest BCUT2D eigenvalue weighted by Crippen LogP contribution is -2.24. The summed E-state index contributed by atoms with van der Waals surface area (Å²) in [6.07, 6.45) is 2.04. The first kappa shape index (κ1) is 21.4. The second-order valence-corrected chi connectivity index (χ2v) is 7.57. The fraction of sp³-hybridized carbons (Fsp3) is 0.524. The topological polar surface area (TPSA) is 59.4 Å². The number of halogens is 3. The Morgan fingerprint density at radius 2 is 2.00 bits per heavy atom. The zero-order valence-electron chi connectivity index (χ0n) is 16.5. The van der Waals surface area contributed by atoms with Crippen molar-refractivity contribution in [2.75, 3.05) is 13.2 Å². The molecule has 0 aromatic carbocycles. The van der Waals surface area contributed by atoms with Crippen molar-refractivity contribution in [2.45, 2.75) is 51.2 Å². The molecular formula is C21H26F3N3O2. The van der Waals surface area contributed by atoms with Gasteiger partial charge in [-0.2, -0.15) is 13.2 Å². The molecule has 1 aliphatic carbocycles. The van der Waals surface area contributed by atoms with Gasteiger partial charge in [-0.05, 0) is 51.3 Å². The van der Waals surface area contributed by atoms with Gasteiger partial charge >= 0.3 is 6.18 Å². The van der Waals surface area contributed by atoms with Crippen molar-refractivity contribution in [3.8, 4) is 11.3 Å². The SMILES string of the molecule is C=Nc1[nH]ccc1-c1c(C)c(=O)ccn1C1CCC(COCCC(F)(F)F)CC1. The van der Waals surface area contributed by atoms with Crippen LogP contribution in [-0.2, 0) is 4.74 Å². The molecule has 0 atom stereocenters. The Labute approximate surface area is 167 Å². The number of hydrogen-bond acceptors (Lipinski definition) is 3. The summed E-state index contributed by atoms with van der Waals surface area (Å²) >= 11 is 0. The first-order valence-corrected chi connectivity index (χ1v) is 9.81. The molecule has 1 aliphatic rings. The summed E-state index contributed by atoms with van der Waals surface area (Å²) < 4.78 is 44.0. The van der Waals surface area contributed by atoms with E-state index >= 15 is 0 Å². The molecule has 2 heterocycles. The molecule has 8 heteroatoms. The number of nitrogens with zero attached hydrogens (tertiary/aromatic N) is 2. The van der Waals surface area contributed by atoms with Crippen LogP contribution in [0.25, 0.3) is 11.3 Å². The average molecular weight is 409 g/mol. The van der Waals surface area contributed by atoms with E-state index in [4.69, 9.17) is 4.74 Å². The van der Waals surface area contributed by atoms with Gasteiger partial charge in [0.25, 0.3) is 0 Å². The third-order valence-electron chi connectivity index (χ3n) is 5.60. The van der Waals surface area contributed by atoms with Gasteiger partial charge in [-0.1, -0.05) is 0 Å². The first-order chi connectivity index (χ1) is 13.8.